The van der Waals surface area contributed by atoms with Crippen molar-refractivity contribution in [2.75, 3.05) is 39.8 Å². The third-order valence-electron chi connectivity index (χ3n) is 3.67. The third kappa shape index (κ3) is 5.01. The number of halogens is 1. The lowest BCUT2D eigenvalue weighted by atomic mass is 9.97. The van der Waals surface area contributed by atoms with Gasteiger partial charge in [-0.25, -0.2) is 0 Å². The fourth-order valence-corrected chi connectivity index (χ4v) is 2.73. The van der Waals surface area contributed by atoms with E-state index in [9.17, 15) is 0 Å². The summed E-state index contributed by atoms with van der Waals surface area (Å²) in [7, 11) is 2.03. The van der Waals surface area contributed by atoms with Crippen molar-refractivity contribution < 1.29 is 4.74 Å². The number of likely N-dealkylation sites (tertiary alicyclic amines) is 1. The molecule has 0 amide bonds. The quantitative estimate of drug-likeness (QED) is 0.868. The highest BCUT2D eigenvalue weighted by molar-refractivity contribution is 6.30. The van der Waals surface area contributed by atoms with E-state index in [1.165, 1.54) is 25.9 Å². The van der Waals surface area contributed by atoms with Crippen molar-refractivity contribution in [3.63, 3.8) is 0 Å². The van der Waals surface area contributed by atoms with Crippen molar-refractivity contribution in [3.8, 4) is 5.75 Å². The smallest absolute Gasteiger partial charge is 0.120 e. The van der Waals surface area contributed by atoms with Gasteiger partial charge >= 0.3 is 0 Å². The molecule has 1 aromatic carbocycles. The summed E-state index contributed by atoms with van der Waals surface area (Å²) < 4.78 is 5.73. The minimum Gasteiger partial charge on any atom is -0.492 e. The predicted octanol–water partition coefficient (Wildman–Crippen LogP) is 2.65. The molecule has 1 fully saturated rings. The van der Waals surface area contributed by atoms with Crippen LogP contribution in [0.3, 0.4) is 0 Å². The normalized spacial score (nSPS) is 17.6. The molecule has 3 nitrogen and oxygen atoms in total. The van der Waals surface area contributed by atoms with E-state index in [2.05, 4.69) is 10.2 Å². The van der Waals surface area contributed by atoms with Gasteiger partial charge in [-0.15, -0.1) is 0 Å². The first-order valence-corrected chi connectivity index (χ1v) is 7.41. The summed E-state index contributed by atoms with van der Waals surface area (Å²) in [5, 5.41) is 3.99. The number of nitrogens with one attached hydrogen (secondary N) is 1. The zero-order chi connectivity index (χ0) is 13.5. The monoisotopic (exact) mass is 282 g/mol. The predicted molar refractivity (Wildman–Crippen MR) is 80.0 cm³/mol. The Balaban J connectivity index is 1.64. The Kier molecular flexibility index (Phi) is 5.95. The van der Waals surface area contributed by atoms with Crippen LogP contribution < -0.4 is 10.1 Å². The summed E-state index contributed by atoms with van der Waals surface area (Å²) in [5.41, 5.74) is 0. The van der Waals surface area contributed by atoms with E-state index in [0.29, 0.717) is 0 Å². The average molecular weight is 283 g/mol. The van der Waals surface area contributed by atoms with E-state index in [0.717, 1.165) is 36.4 Å². The van der Waals surface area contributed by atoms with Crippen molar-refractivity contribution in [3.05, 3.63) is 29.3 Å². The summed E-state index contributed by atoms with van der Waals surface area (Å²) in [6, 6.07) is 7.59. The fourth-order valence-electron chi connectivity index (χ4n) is 2.55. The molecule has 0 aliphatic carbocycles. The molecule has 19 heavy (non-hydrogen) atoms. The third-order valence-corrected chi connectivity index (χ3v) is 3.91. The molecule has 0 radical (unpaired) electrons. The number of rotatable bonds is 6. The standard InChI is InChI=1S/C15H23ClN2O/c1-17-12-13-5-7-18(8-6-13)9-10-19-15-4-2-3-14(16)11-15/h2-4,11,13,17H,5-10,12H2,1H3. The van der Waals surface area contributed by atoms with Crippen molar-refractivity contribution in [2.45, 2.75) is 12.8 Å². The first-order valence-electron chi connectivity index (χ1n) is 7.03. The lowest BCUT2D eigenvalue weighted by Gasteiger charge is -2.31. The van der Waals surface area contributed by atoms with Crippen molar-refractivity contribution in [2.24, 2.45) is 5.92 Å². The highest BCUT2D eigenvalue weighted by Gasteiger charge is 2.18. The molecule has 2 rings (SSSR count). The van der Waals surface area contributed by atoms with Gasteiger partial charge in [-0.2, -0.15) is 0 Å². The van der Waals surface area contributed by atoms with Crippen LogP contribution in [0.4, 0.5) is 0 Å². The summed E-state index contributed by atoms with van der Waals surface area (Å²) in [4.78, 5) is 2.48. The van der Waals surface area contributed by atoms with Crippen LogP contribution in [-0.2, 0) is 0 Å². The Bertz CT molecular complexity index is 378. The lowest BCUT2D eigenvalue weighted by molar-refractivity contribution is 0.155. The van der Waals surface area contributed by atoms with Gasteiger partial charge in [0.05, 0.1) is 0 Å². The fraction of sp³-hybridized carbons (Fsp3) is 0.600. The van der Waals surface area contributed by atoms with Gasteiger partial charge in [0.1, 0.15) is 12.4 Å². The highest BCUT2D eigenvalue weighted by atomic mass is 35.5. The summed E-state index contributed by atoms with van der Waals surface area (Å²) in [5.74, 6) is 1.70. The molecule has 0 atom stereocenters. The van der Waals surface area contributed by atoms with E-state index in [-0.39, 0.29) is 0 Å². The molecule has 0 bridgehead atoms. The second-order valence-corrected chi connectivity index (χ2v) is 5.58. The molecular formula is C15H23ClN2O. The van der Waals surface area contributed by atoms with Crippen molar-refractivity contribution >= 4 is 11.6 Å². The van der Waals surface area contributed by atoms with Crippen LogP contribution in [0.2, 0.25) is 5.02 Å². The maximum Gasteiger partial charge on any atom is 0.120 e. The minimum absolute atomic E-state index is 0.727. The molecular weight excluding hydrogens is 260 g/mol. The Labute approximate surface area is 120 Å². The van der Waals surface area contributed by atoms with Gasteiger partial charge in [0, 0.05) is 11.6 Å². The van der Waals surface area contributed by atoms with Gasteiger partial charge in [0.25, 0.3) is 0 Å². The average Bonchev–Trinajstić information content (AvgIpc) is 2.41. The van der Waals surface area contributed by atoms with Crippen LogP contribution in [0, 0.1) is 5.92 Å². The van der Waals surface area contributed by atoms with E-state index >= 15 is 0 Å². The molecule has 1 aliphatic rings. The number of hydrogen-bond acceptors (Lipinski definition) is 3. The Morgan fingerprint density at radius 2 is 2.16 bits per heavy atom. The maximum absolute atomic E-state index is 5.92. The molecule has 106 valence electrons. The number of hydrogen-bond donors (Lipinski definition) is 1. The molecule has 0 saturated carbocycles. The van der Waals surface area contributed by atoms with Crippen LogP contribution >= 0.6 is 11.6 Å². The van der Waals surface area contributed by atoms with Crippen LogP contribution in [0.5, 0.6) is 5.75 Å². The molecule has 1 aliphatic heterocycles. The first kappa shape index (κ1) is 14.6. The van der Waals surface area contributed by atoms with Crippen molar-refractivity contribution in [1.82, 2.24) is 10.2 Å². The van der Waals surface area contributed by atoms with Crippen LogP contribution in [0.25, 0.3) is 0 Å². The molecule has 1 saturated heterocycles. The van der Waals surface area contributed by atoms with E-state index in [1.807, 2.05) is 31.3 Å². The van der Waals surface area contributed by atoms with E-state index in [1.54, 1.807) is 0 Å². The second kappa shape index (κ2) is 7.73. The topological polar surface area (TPSA) is 24.5 Å². The van der Waals surface area contributed by atoms with Gasteiger partial charge in [-0.3, -0.25) is 4.90 Å². The van der Waals surface area contributed by atoms with Gasteiger partial charge in [0.2, 0.25) is 0 Å². The highest BCUT2D eigenvalue weighted by Crippen LogP contribution is 2.18. The van der Waals surface area contributed by atoms with Crippen molar-refractivity contribution in [1.29, 1.82) is 0 Å². The zero-order valence-electron chi connectivity index (χ0n) is 11.6. The second-order valence-electron chi connectivity index (χ2n) is 5.15. The number of benzene rings is 1. The van der Waals surface area contributed by atoms with E-state index in [4.69, 9.17) is 16.3 Å². The molecule has 0 spiro atoms. The zero-order valence-corrected chi connectivity index (χ0v) is 12.3. The number of nitrogens with zero attached hydrogens (tertiary/aromatic N) is 1. The number of ether oxygens (including phenoxy) is 1. The largest absolute Gasteiger partial charge is 0.492 e. The summed E-state index contributed by atoms with van der Waals surface area (Å²) >= 11 is 5.92. The van der Waals surface area contributed by atoms with Gasteiger partial charge in [0.15, 0.2) is 0 Å². The summed E-state index contributed by atoms with van der Waals surface area (Å²) in [6.07, 6.45) is 2.58. The SMILES string of the molecule is CNCC1CCN(CCOc2cccc(Cl)c2)CC1. The Morgan fingerprint density at radius 3 is 2.84 bits per heavy atom. The number of piperidine rings is 1. The van der Waals surface area contributed by atoms with Gasteiger partial charge in [-0.05, 0) is 63.6 Å². The first-order chi connectivity index (χ1) is 9.28. The molecule has 1 heterocycles. The molecule has 1 N–H and O–H groups in total. The van der Waals surface area contributed by atoms with Crippen LogP contribution in [0.1, 0.15) is 12.8 Å². The lowest BCUT2D eigenvalue weighted by Crippen LogP contribution is -2.38. The van der Waals surface area contributed by atoms with Gasteiger partial charge < -0.3 is 10.1 Å². The van der Waals surface area contributed by atoms with Crippen LogP contribution in [0.15, 0.2) is 24.3 Å². The molecule has 1 aromatic rings. The maximum atomic E-state index is 5.92. The Hall–Kier alpha value is -0.770. The Morgan fingerprint density at radius 1 is 1.37 bits per heavy atom. The molecule has 0 unspecified atom stereocenters. The summed E-state index contributed by atoms with van der Waals surface area (Å²) in [6.45, 7) is 5.25. The minimum atomic E-state index is 0.727. The molecule has 0 aromatic heterocycles. The van der Waals surface area contributed by atoms with Gasteiger partial charge in [-0.1, -0.05) is 17.7 Å². The van der Waals surface area contributed by atoms with E-state index < -0.39 is 0 Å². The van der Waals surface area contributed by atoms with Crippen LogP contribution in [-0.4, -0.2) is 44.7 Å². The molecule has 4 heteroatoms.